The fraction of sp³-hybridized carbons (Fsp3) is 0.500. The van der Waals surface area contributed by atoms with E-state index in [1.807, 2.05) is 19.1 Å². The first kappa shape index (κ1) is 11.7. The number of carbonyl (C=O) groups is 1. The zero-order valence-corrected chi connectivity index (χ0v) is 10.1. The van der Waals surface area contributed by atoms with Gasteiger partial charge in [0.05, 0.1) is 5.69 Å². The number of hydrogen-bond donors (Lipinski definition) is 2. The molecule has 1 aliphatic heterocycles. The number of amides is 2. The Morgan fingerprint density at radius 1 is 1.47 bits per heavy atom. The van der Waals surface area contributed by atoms with Crippen molar-refractivity contribution in [2.75, 3.05) is 29.9 Å². The Labute approximate surface area is 101 Å². The lowest BCUT2D eigenvalue weighted by atomic mass is 10.3. The van der Waals surface area contributed by atoms with Gasteiger partial charge in [-0.3, -0.25) is 0 Å². The quantitative estimate of drug-likeness (QED) is 0.838. The van der Waals surface area contributed by atoms with Crippen molar-refractivity contribution in [3.63, 3.8) is 0 Å². The van der Waals surface area contributed by atoms with Crippen molar-refractivity contribution in [1.29, 1.82) is 0 Å². The number of aromatic nitrogens is 1. The van der Waals surface area contributed by atoms with E-state index in [0.717, 1.165) is 24.6 Å². The van der Waals surface area contributed by atoms with Gasteiger partial charge in [0.1, 0.15) is 0 Å². The number of anilines is 2. The highest BCUT2D eigenvalue weighted by Gasteiger charge is 2.17. The number of nitrogens with one attached hydrogen (secondary N) is 2. The Kier molecular flexibility index (Phi) is 3.80. The molecule has 1 aliphatic rings. The van der Waals surface area contributed by atoms with E-state index in [-0.39, 0.29) is 6.03 Å². The summed E-state index contributed by atoms with van der Waals surface area (Å²) in [6, 6.07) is 3.54. The highest BCUT2D eigenvalue weighted by molar-refractivity contribution is 5.92. The van der Waals surface area contributed by atoms with Crippen LogP contribution < -0.4 is 15.5 Å². The number of carbonyl (C=O) groups excluding carboxylic acids is 1. The van der Waals surface area contributed by atoms with E-state index in [9.17, 15) is 4.79 Å². The van der Waals surface area contributed by atoms with E-state index in [4.69, 9.17) is 0 Å². The van der Waals surface area contributed by atoms with E-state index >= 15 is 0 Å². The van der Waals surface area contributed by atoms with E-state index in [2.05, 4.69) is 20.5 Å². The van der Waals surface area contributed by atoms with Gasteiger partial charge in [0.25, 0.3) is 0 Å². The normalized spacial score (nSPS) is 14.8. The maximum atomic E-state index is 11.5. The minimum Gasteiger partial charge on any atom is -0.355 e. The van der Waals surface area contributed by atoms with Crippen LogP contribution in [0.15, 0.2) is 18.3 Å². The van der Waals surface area contributed by atoms with Crippen molar-refractivity contribution in [2.45, 2.75) is 19.8 Å². The van der Waals surface area contributed by atoms with Crippen LogP contribution in [0.25, 0.3) is 0 Å². The molecule has 0 spiro atoms. The first-order chi connectivity index (χ1) is 8.31. The molecule has 2 N–H and O–H groups in total. The van der Waals surface area contributed by atoms with Crippen LogP contribution in [0.5, 0.6) is 0 Å². The Morgan fingerprint density at radius 3 is 2.94 bits per heavy atom. The van der Waals surface area contributed by atoms with E-state index in [1.54, 1.807) is 6.20 Å². The van der Waals surface area contributed by atoms with Gasteiger partial charge in [0, 0.05) is 25.8 Å². The molecule has 5 nitrogen and oxygen atoms in total. The summed E-state index contributed by atoms with van der Waals surface area (Å²) in [5.41, 5.74) is 0.778. The smallest absolute Gasteiger partial charge is 0.319 e. The molecule has 1 saturated heterocycles. The summed E-state index contributed by atoms with van der Waals surface area (Å²) in [7, 11) is 0. The number of rotatable bonds is 3. The molecule has 2 heterocycles. The minimum atomic E-state index is -0.180. The van der Waals surface area contributed by atoms with Gasteiger partial charge in [0.2, 0.25) is 0 Å². The Bertz CT molecular complexity index is 388. The summed E-state index contributed by atoms with van der Waals surface area (Å²) in [4.78, 5) is 18.1. The highest BCUT2D eigenvalue weighted by Crippen LogP contribution is 2.25. The molecule has 92 valence electrons. The third-order valence-electron chi connectivity index (χ3n) is 2.78. The molecule has 2 rings (SSSR count). The van der Waals surface area contributed by atoms with Crippen molar-refractivity contribution in [3.8, 4) is 0 Å². The summed E-state index contributed by atoms with van der Waals surface area (Å²) in [5.74, 6) is 0.872. The summed E-state index contributed by atoms with van der Waals surface area (Å²) >= 11 is 0. The molecule has 0 unspecified atom stereocenters. The number of hydrogen-bond acceptors (Lipinski definition) is 3. The second kappa shape index (κ2) is 5.52. The van der Waals surface area contributed by atoms with Gasteiger partial charge in [-0.05, 0) is 31.9 Å². The van der Waals surface area contributed by atoms with E-state index in [0.29, 0.717) is 6.54 Å². The van der Waals surface area contributed by atoms with Crippen LogP contribution in [0.3, 0.4) is 0 Å². The topological polar surface area (TPSA) is 57.3 Å². The molecule has 1 fully saturated rings. The Hall–Kier alpha value is -1.78. The summed E-state index contributed by atoms with van der Waals surface area (Å²) < 4.78 is 0. The monoisotopic (exact) mass is 234 g/mol. The van der Waals surface area contributed by atoms with Gasteiger partial charge in [-0.25, -0.2) is 9.78 Å². The summed E-state index contributed by atoms with van der Waals surface area (Å²) in [5, 5.41) is 5.55. The maximum Gasteiger partial charge on any atom is 0.319 e. The molecular weight excluding hydrogens is 216 g/mol. The molecule has 2 amide bonds. The molecule has 5 heteroatoms. The summed E-state index contributed by atoms with van der Waals surface area (Å²) in [6.07, 6.45) is 4.14. The number of urea groups is 1. The zero-order chi connectivity index (χ0) is 12.1. The molecule has 1 aromatic rings. The average molecular weight is 234 g/mol. The maximum absolute atomic E-state index is 11.5. The number of pyridine rings is 1. The molecule has 1 aromatic heterocycles. The van der Waals surface area contributed by atoms with Crippen LogP contribution in [-0.4, -0.2) is 30.6 Å². The molecule has 17 heavy (non-hydrogen) atoms. The van der Waals surface area contributed by atoms with Crippen molar-refractivity contribution in [1.82, 2.24) is 10.3 Å². The van der Waals surface area contributed by atoms with Crippen LogP contribution in [0.1, 0.15) is 19.8 Å². The third kappa shape index (κ3) is 2.87. The third-order valence-corrected chi connectivity index (χ3v) is 2.78. The van der Waals surface area contributed by atoms with Crippen LogP contribution in [0.2, 0.25) is 0 Å². The molecule has 0 aliphatic carbocycles. The lowest BCUT2D eigenvalue weighted by Crippen LogP contribution is -2.29. The van der Waals surface area contributed by atoms with Crippen molar-refractivity contribution < 1.29 is 4.79 Å². The molecule has 0 atom stereocenters. The minimum absolute atomic E-state index is 0.180. The summed E-state index contributed by atoms with van der Waals surface area (Å²) in [6.45, 7) is 4.54. The largest absolute Gasteiger partial charge is 0.355 e. The number of nitrogens with zero attached hydrogens (tertiary/aromatic N) is 2. The Morgan fingerprint density at radius 2 is 2.24 bits per heavy atom. The van der Waals surface area contributed by atoms with Crippen molar-refractivity contribution in [2.24, 2.45) is 0 Å². The van der Waals surface area contributed by atoms with E-state index in [1.165, 1.54) is 12.8 Å². The molecule has 0 saturated carbocycles. The standard InChI is InChI=1S/C12H18N4O/c1-2-13-12(17)15-10-6-5-7-14-11(10)16-8-3-4-9-16/h5-7H,2-4,8-9H2,1H3,(H2,13,15,17). The second-order valence-corrected chi connectivity index (χ2v) is 4.05. The van der Waals surface area contributed by atoms with Crippen LogP contribution in [0, 0.1) is 0 Å². The van der Waals surface area contributed by atoms with Crippen LogP contribution in [-0.2, 0) is 0 Å². The lowest BCUT2D eigenvalue weighted by Gasteiger charge is -2.19. The zero-order valence-electron chi connectivity index (χ0n) is 10.1. The van der Waals surface area contributed by atoms with Gasteiger partial charge < -0.3 is 15.5 Å². The molecule has 0 bridgehead atoms. The first-order valence-corrected chi connectivity index (χ1v) is 6.06. The first-order valence-electron chi connectivity index (χ1n) is 6.06. The van der Waals surface area contributed by atoms with Crippen molar-refractivity contribution >= 4 is 17.5 Å². The average Bonchev–Trinajstić information content (AvgIpc) is 2.83. The van der Waals surface area contributed by atoms with Crippen LogP contribution in [0.4, 0.5) is 16.3 Å². The molecule has 0 radical (unpaired) electrons. The fourth-order valence-electron chi connectivity index (χ4n) is 2.00. The SMILES string of the molecule is CCNC(=O)Nc1cccnc1N1CCCC1. The van der Waals surface area contributed by atoms with E-state index < -0.39 is 0 Å². The lowest BCUT2D eigenvalue weighted by molar-refractivity contribution is 0.252. The highest BCUT2D eigenvalue weighted by atomic mass is 16.2. The van der Waals surface area contributed by atoms with Crippen molar-refractivity contribution in [3.05, 3.63) is 18.3 Å². The second-order valence-electron chi connectivity index (χ2n) is 4.05. The van der Waals surface area contributed by atoms with Crippen LogP contribution >= 0.6 is 0 Å². The Balaban J connectivity index is 2.12. The molecular formula is C12H18N4O. The van der Waals surface area contributed by atoms with Gasteiger partial charge in [0.15, 0.2) is 5.82 Å². The molecule has 0 aromatic carbocycles. The van der Waals surface area contributed by atoms with Gasteiger partial charge in [-0.15, -0.1) is 0 Å². The van der Waals surface area contributed by atoms with Gasteiger partial charge in [-0.2, -0.15) is 0 Å². The predicted molar refractivity (Wildman–Crippen MR) is 68.4 cm³/mol. The predicted octanol–water partition coefficient (Wildman–Crippen LogP) is 1.82. The van der Waals surface area contributed by atoms with Gasteiger partial charge in [-0.1, -0.05) is 0 Å². The van der Waals surface area contributed by atoms with Gasteiger partial charge >= 0.3 is 6.03 Å². The fourth-order valence-corrected chi connectivity index (χ4v) is 2.00.